The largest absolute Gasteiger partial charge is 0.416 e. The lowest BCUT2D eigenvalue weighted by Gasteiger charge is -2.16. The third kappa shape index (κ3) is 3.99. The molecule has 21 heavy (non-hydrogen) atoms. The topological polar surface area (TPSA) is 63.8 Å². The van der Waals surface area contributed by atoms with Crippen molar-refractivity contribution < 1.29 is 13.2 Å². The molecule has 3 N–H and O–H groups in total. The highest BCUT2D eigenvalue weighted by Crippen LogP contribution is 2.30. The van der Waals surface area contributed by atoms with E-state index in [1.807, 2.05) is 0 Å². The summed E-state index contributed by atoms with van der Waals surface area (Å²) in [6, 6.07) is 4.77. The molecular formula is C14H15F3N4. The fourth-order valence-corrected chi connectivity index (χ4v) is 1.94. The Morgan fingerprint density at radius 1 is 1.24 bits per heavy atom. The number of aryl methyl sites for hydroxylation is 1. The molecular weight excluding hydrogens is 281 g/mol. The van der Waals surface area contributed by atoms with Gasteiger partial charge < -0.3 is 0 Å². The minimum absolute atomic E-state index is 0.290. The maximum Gasteiger partial charge on any atom is 0.416 e. The highest BCUT2D eigenvalue weighted by Gasteiger charge is 2.30. The van der Waals surface area contributed by atoms with Gasteiger partial charge in [-0.05, 0) is 25.0 Å². The molecule has 0 fully saturated rings. The van der Waals surface area contributed by atoms with E-state index in [4.69, 9.17) is 5.84 Å². The number of hydrazine groups is 1. The number of hydrogen-bond acceptors (Lipinski definition) is 4. The van der Waals surface area contributed by atoms with Gasteiger partial charge in [-0.15, -0.1) is 0 Å². The van der Waals surface area contributed by atoms with Gasteiger partial charge in [0.25, 0.3) is 0 Å². The lowest BCUT2D eigenvalue weighted by Crippen LogP contribution is -2.30. The van der Waals surface area contributed by atoms with Crippen molar-refractivity contribution in [1.82, 2.24) is 15.4 Å². The van der Waals surface area contributed by atoms with Crippen molar-refractivity contribution in [3.8, 4) is 0 Å². The minimum Gasteiger partial charge on any atom is -0.271 e. The molecule has 0 spiro atoms. The fraction of sp³-hybridized carbons (Fsp3) is 0.286. The van der Waals surface area contributed by atoms with Crippen molar-refractivity contribution >= 4 is 0 Å². The summed E-state index contributed by atoms with van der Waals surface area (Å²) < 4.78 is 38.1. The lowest BCUT2D eigenvalue weighted by atomic mass is 10.0. The van der Waals surface area contributed by atoms with E-state index in [-0.39, 0.29) is 6.42 Å². The van der Waals surface area contributed by atoms with E-state index >= 15 is 0 Å². The van der Waals surface area contributed by atoms with Gasteiger partial charge in [0.1, 0.15) is 0 Å². The molecule has 1 atom stereocenters. The van der Waals surface area contributed by atoms with Crippen molar-refractivity contribution in [2.24, 2.45) is 5.84 Å². The summed E-state index contributed by atoms with van der Waals surface area (Å²) in [4.78, 5) is 8.30. The van der Waals surface area contributed by atoms with E-state index in [2.05, 4.69) is 15.4 Å². The predicted octanol–water partition coefficient (Wildman–Crippen LogP) is 2.55. The number of hydrogen-bond donors (Lipinski definition) is 2. The maximum atomic E-state index is 12.7. The van der Waals surface area contributed by atoms with Gasteiger partial charge in [0.15, 0.2) is 0 Å². The van der Waals surface area contributed by atoms with Crippen LogP contribution in [0.15, 0.2) is 36.7 Å². The van der Waals surface area contributed by atoms with Gasteiger partial charge in [0.05, 0.1) is 29.2 Å². The van der Waals surface area contributed by atoms with Crippen LogP contribution in [-0.4, -0.2) is 9.97 Å². The second kappa shape index (κ2) is 6.19. The Hall–Kier alpha value is -1.99. The van der Waals surface area contributed by atoms with Gasteiger partial charge in [-0.1, -0.05) is 18.2 Å². The molecule has 0 aliphatic heterocycles. The summed E-state index contributed by atoms with van der Waals surface area (Å²) in [5.41, 5.74) is 3.75. The average Bonchev–Trinajstić information content (AvgIpc) is 2.45. The van der Waals surface area contributed by atoms with Gasteiger partial charge in [0.2, 0.25) is 0 Å². The number of aromatic nitrogens is 2. The van der Waals surface area contributed by atoms with E-state index in [0.29, 0.717) is 11.3 Å². The zero-order valence-electron chi connectivity index (χ0n) is 11.4. The Bertz CT molecular complexity index is 596. The van der Waals surface area contributed by atoms with Crippen molar-refractivity contribution in [3.05, 3.63) is 59.2 Å². The Kier molecular flexibility index (Phi) is 4.54. The lowest BCUT2D eigenvalue weighted by molar-refractivity contribution is -0.137. The molecule has 1 heterocycles. The van der Waals surface area contributed by atoms with Crippen molar-refractivity contribution in [2.75, 3.05) is 0 Å². The zero-order chi connectivity index (χ0) is 15.5. The van der Waals surface area contributed by atoms with E-state index in [1.165, 1.54) is 6.07 Å². The van der Waals surface area contributed by atoms with E-state index in [0.717, 1.165) is 17.8 Å². The average molecular weight is 296 g/mol. The Morgan fingerprint density at radius 2 is 2.00 bits per heavy atom. The first-order valence-electron chi connectivity index (χ1n) is 6.31. The van der Waals surface area contributed by atoms with Gasteiger partial charge >= 0.3 is 6.18 Å². The van der Waals surface area contributed by atoms with Gasteiger partial charge in [-0.25, -0.2) is 0 Å². The third-order valence-corrected chi connectivity index (χ3v) is 3.05. The van der Waals surface area contributed by atoms with Crippen molar-refractivity contribution in [1.29, 1.82) is 0 Å². The second-order valence-corrected chi connectivity index (χ2v) is 4.70. The molecule has 1 aromatic carbocycles. The molecule has 7 heteroatoms. The van der Waals surface area contributed by atoms with E-state index in [1.54, 1.807) is 25.4 Å². The number of nitrogens with zero attached hydrogens (tertiary/aromatic N) is 2. The molecule has 0 aliphatic carbocycles. The van der Waals surface area contributed by atoms with Crippen LogP contribution in [-0.2, 0) is 12.6 Å². The molecule has 0 radical (unpaired) electrons. The summed E-state index contributed by atoms with van der Waals surface area (Å²) >= 11 is 0. The highest BCUT2D eigenvalue weighted by atomic mass is 19.4. The van der Waals surface area contributed by atoms with Crippen LogP contribution < -0.4 is 11.3 Å². The number of nitrogens with two attached hydrogens (primary N) is 1. The Morgan fingerprint density at radius 3 is 2.57 bits per heavy atom. The maximum absolute atomic E-state index is 12.7. The first-order valence-corrected chi connectivity index (χ1v) is 6.31. The number of nitrogens with one attached hydrogen (secondary N) is 1. The normalized spacial score (nSPS) is 13.2. The molecule has 1 aromatic heterocycles. The molecule has 2 rings (SSSR count). The monoisotopic (exact) mass is 296 g/mol. The fourth-order valence-electron chi connectivity index (χ4n) is 1.94. The molecule has 0 amide bonds. The predicted molar refractivity (Wildman–Crippen MR) is 72.0 cm³/mol. The van der Waals surface area contributed by atoms with Crippen LogP contribution in [0.2, 0.25) is 0 Å². The molecule has 0 saturated carbocycles. The van der Waals surface area contributed by atoms with Crippen LogP contribution in [0.3, 0.4) is 0 Å². The highest BCUT2D eigenvalue weighted by molar-refractivity contribution is 5.27. The van der Waals surface area contributed by atoms with E-state index < -0.39 is 17.8 Å². The Labute approximate surface area is 120 Å². The SMILES string of the molecule is Cc1cnc(C(Cc2cccc(C(F)(F)F)c2)NN)cn1. The molecule has 0 bridgehead atoms. The van der Waals surface area contributed by atoms with Crippen LogP contribution in [0, 0.1) is 6.92 Å². The minimum atomic E-state index is -4.36. The summed E-state index contributed by atoms with van der Waals surface area (Å²) in [5.74, 6) is 5.47. The summed E-state index contributed by atoms with van der Waals surface area (Å²) in [5, 5.41) is 0. The van der Waals surface area contributed by atoms with E-state index in [9.17, 15) is 13.2 Å². The Balaban J connectivity index is 2.21. The first kappa shape index (κ1) is 15.4. The van der Waals surface area contributed by atoms with Gasteiger partial charge in [-0.2, -0.15) is 13.2 Å². The van der Waals surface area contributed by atoms with Gasteiger partial charge in [0, 0.05) is 6.20 Å². The number of halogens is 3. The molecule has 0 saturated heterocycles. The van der Waals surface area contributed by atoms with Crippen LogP contribution >= 0.6 is 0 Å². The summed E-state index contributed by atoms with van der Waals surface area (Å²) in [7, 11) is 0. The van der Waals surface area contributed by atoms with Crippen LogP contribution in [0.25, 0.3) is 0 Å². The number of alkyl halides is 3. The van der Waals surface area contributed by atoms with Crippen molar-refractivity contribution in [2.45, 2.75) is 25.6 Å². The first-order chi connectivity index (χ1) is 9.90. The molecule has 2 aromatic rings. The number of benzene rings is 1. The standard InChI is InChI=1S/C14H15F3N4/c1-9-7-20-13(8-19-9)12(21-18)6-10-3-2-4-11(5-10)14(15,16)17/h2-5,7-8,12,21H,6,18H2,1H3. The van der Waals surface area contributed by atoms with Gasteiger partial charge in [-0.3, -0.25) is 21.2 Å². The molecule has 112 valence electrons. The van der Waals surface area contributed by atoms with Crippen molar-refractivity contribution in [3.63, 3.8) is 0 Å². The smallest absolute Gasteiger partial charge is 0.271 e. The summed E-state index contributed by atoms with van der Waals surface area (Å²) in [6.45, 7) is 1.80. The molecule has 0 aliphatic rings. The zero-order valence-corrected chi connectivity index (χ0v) is 11.4. The molecule has 1 unspecified atom stereocenters. The van der Waals surface area contributed by atoms with Crippen LogP contribution in [0.5, 0.6) is 0 Å². The number of rotatable bonds is 4. The van der Waals surface area contributed by atoms with Crippen LogP contribution in [0.1, 0.15) is 28.6 Å². The summed E-state index contributed by atoms with van der Waals surface area (Å²) in [6.07, 6.45) is -0.914. The second-order valence-electron chi connectivity index (χ2n) is 4.70. The van der Waals surface area contributed by atoms with Crippen LogP contribution in [0.4, 0.5) is 13.2 Å². The third-order valence-electron chi connectivity index (χ3n) is 3.05. The molecule has 4 nitrogen and oxygen atoms in total. The quantitative estimate of drug-likeness (QED) is 0.672.